The molecule has 3 aromatic rings. The Hall–Kier alpha value is -2.56. The first-order valence-electron chi connectivity index (χ1n) is 6.45. The maximum atomic E-state index is 11.3. The summed E-state index contributed by atoms with van der Waals surface area (Å²) >= 11 is 0. The lowest BCUT2D eigenvalue weighted by Gasteiger charge is -1.97. The van der Waals surface area contributed by atoms with E-state index in [1.165, 1.54) is 0 Å². The van der Waals surface area contributed by atoms with Gasteiger partial charge in [0.1, 0.15) is 0 Å². The quantitative estimate of drug-likeness (QED) is 0.677. The van der Waals surface area contributed by atoms with Crippen LogP contribution in [0, 0.1) is 6.92 Å². The number of pyridine rings is 2. The molecule has 3 heterocycles. The van der Waals surface area contributed by atoms with Crippen molar-refractivity contribution in [3.8, 4) is 11.5 Å². The Morgan fingerprint density at radius 2 is 2.20 bits per heavy atom. The van der Waals surface area contributed by atoms with Gasteiger partial charge in [-0.05, 0) is 30.7 Å². The molecule has 0 spiro atoms. The molecule has 3 rings (SSSR count). The van der Waals surface area contributed by atoms with Gasteiger partial charge in [0.15, 0.2) is 17.6 Å². The summed E-state index contributed by atoms with van der Waals surface area (Å²) in [5.74, 6) is 0.722. The second kappa shape index (κ2) is 4.85. The maximum absolute atomic E-state index is 11.3. The van der Waals surface area contributed by atoms with Crippen LogP contribution < -0.4 is 4.57 Å². The lowest BCUT2D eigenvalue weighted by molar-refractivity contribution is -0.673. The van der Waals surface area contributed by atoms with Crippen LogP contribution in [0.4, 0.5) is 0 Å². The molecule has 0 amide bonds. The molecule has 0 aliphatic carbocycles. The summed E-state index contributed by atoms with van der Waals surface area (Å²) in [6.45, 7) is 3.92. The van der Waals surface area contributed by atoms with Crippen molar-refractivity contribution >= 4 is 11.4 Å². The molecule has 0 aliphatic heterocycles. The van der Waals surface area contributed by atoms with Crippen LogP contribution in [-0.4, -0.2) is 20.4 Å². The number of fused-ring (bicyclic) bond motifs is 1. The van der Waals surface area contributed by atoms with Gasteiger partial charge in [0, 0.05) is 25.3 Å². The highest BCUT2D eigenvalue weighted by atomic mass is 16.1. The number of aryl methyl sites for hydroxylation is 1. The molecular formula is C15H15N4O+. The highest BCUT2D eigenvalue weighted by molar-refractivity contribution is 5.74. The van der Waals surface area contributed by atoms with E-state index in [4.69, 9.17) is 0 Å². The predicted octanol–water partition coefficient (Wildman–Crippen LogP) is 1.58. The third-order valence-corrected chi connectivity index (χ3v) is 3.06. The highest BCUT2D eigenvalue weighted by Crippen LogP contribution is 2.12. The molecule has 0 aliphatic rings. The lowest BCUT2D eigenvalue weighted by atomic mass is 10.3. The van der Waals surface area contributed by atoms with E-state index in [-0.39, 0.29) is 5.78 Å². The number of carbonyl (C=O) groups is 1. The summed E-state index contributed by atoms with van der Waals surface area (Å²) in [5.41, 5.74) is 2.78. The van der Waals surface area contributed by atoms with Crippen LogP contribution in [0.25, 0.3) is 17.2 Å². The number of hydrogen-bond donors (Lipinski definition) is 0. The normalized spacial score (nSPS) is 10.9. The van der Waals surface area contributed by atoms with Crippen molar-refractivity contribution in [3.63, 3.8) is 0 Å². The molecule has 20 heavy (non-hydrogen) atoms. The van der Waals surface area contributed by atoms with E-state index in [1.54, 1.807) is 11.4 Å². The topological polar surface area (TPSA) is 51.1 Å². The molecule has 3 aromatic heterocycles. The Bertz CT molecular complexity index is 791. The monoisotopic (exact) mass is 267 g/mol. The molecule has 0 saturated heterocycles. The zero-order valence-electron chi connectivity index (χ0n) is 11.4. The molecule has 100 valence electrons. The van der Waals surface area contributed by atoms with E-state index in [9.17, 15) is 4.79 Å². The zero-order chi connectivity index (χ0) is 14.1. The third kappa shape index (κ3) is 2.30. The van der Waals surface area contributed by atoms with Gasteiger partial charge in [-0.15, -0.1) is 5.10 Å². The van der Waals surface area contributed by atoms with Crippen LogP contribution in [0.1, 0.15) is 12.5 Å². The third-order valence-electron chi connectivity index (χ3n) is 3.06. The predicted molar refractivity (Wildman–Crippen MR) is 74.0 cm³/mol. The highest BCUT2D eigenvalue weighted by Gasteiger charge is 2.18. The van der Waals surface area contributed by atoms with Gasteiger partial charge in [-0.25, -0.2) is 9.50 Å². The van der Waals surface area contributed by atoms with Gasteiger partial charge in [-0.1, -0.05) is 0 Å². The molecule has 0 unspecified atom stereocenters. The van der Waals surface area contributed by atoms with Gasteiger partial charge in [0.05, 0.1) is 0 Å². The smallest absolute Gasteiger partial charge is 0.252 e. The minimum atomic E-state index is 0.0991. The van der Waals surface area contributed by atoms with Crippen molar-refractivity contribution in [2.24, 2.45) is 0 Å². The van der Waals surface area contributed by atoms with Crippen molar-refractivity contribution in [2.75, 3.05) is 0 Å². The maximum Gasteiger partial charge on any atom is 0.252 e. The van der Waals surface area contributed by atoms with Gasteiger partial charge in [-0.2, -0.15) is 4.57 Å². The van der Waals surface area contributed by atoms with Gasteiger partial charge in [0.25, 0.3) is 5.69 Å². The van der Waals surface area contributed by atoms with E-state index >= 15 is 0 Å². The van der Waals surface area contributed by atoms with Gasteiger partial charge in [-0.3, -0.25) is 4.79 Å². The SMILES string of the molecule is CC(=O)C[n+]1ccccc1-c1nc2cc(C)ccn2n1. The Balaban J connectivity index is 2.13. The fourth-order valence-electron chi connectivity index (χ4n) is 2.15. The van der Waals surface area contributed by atoms with Gasteiger partial charge < -0.3 is 0 Å². The summed E-state index contributed by atoms with van der Waals surface area (Å²) in [7, 11) is 0. The summed E-state index contributed by atoms with van der Waals surface area (Å²) in [4.78, 5) is 15.9. The molecule has 0 N–H and O–H groups in total. The van der Waals surface area contributed by atoms with Crippen molar-refractivity contribution in [2.45, 2.75) is 20.4 Å². The molecular weight excluding hydrogens is 252 g/mol. The first-order valence-corrected chi connectivity index (χ1v) is 6.45. The summed E-state index contributed by atoms with van der Waals surface area (Å²) in [6.07, 6.45) is 3.76. The minimum Gasteiger partial charge on any atom is -0.293 e. The molecule has 0 bridgehead atoms. The first kappa shape index (κ1) is 12.5. The van der Waals surface area contributed by atoms with E-state index in [0.29, 0.717) is 12.4 Å². The van der Waals surface area contributed by atoms with Crippen LogP contribution >= 0.6 is 0 Å². The number of aromatic nitrogens is 4. The fourth-order valence-corrected chi connectivity index (χ4v) is 2.15. The van der Waals surface area contributed by atoms with Crippen molar-refractivity contribution in [1.29, 1.82) is 0 Å². The first-order chi connectivity index (χ1) is 9.63. The van der Waals surface area contributed by atoms with Crippen LogP contribution in [0.2, 0.25) is 0 Å². The number of nitrogens with zero attached hydrogens (tertiary/aromatic N) is 4. The number of hydrogen-bond acceptors (Lipinski definition) is 3. The second-order valence-electron chi connectivity index (χ2n) is 4.86. The lowest BCUT2D eigenvalue weighted by Crippen LogP contribution is -2.39. The van der Waals surface area contributed by atoms with Crippen molar-refractivity contribution < 1.29 is 9.36 Å². The zero-order valence-corrected chi connectivity index (χ0v) is 11.4. The molecule has 0 saturated carbocycles. The average Bonchev–Trinajstić information content (AvgIpc) is 2.81. The van der Waals surface area contributed by atoms with Crippen molar-refractivity contribution in [3.05, 3.63) is 48.3 Å². The van der Waals surface area contributed by atoms with Crippen LogP contribution in [0.3, 0.4) is 0 Å². The Labute approximate surface area is 116 Å². The van der Waals surface area contributed by atoms with Crippen molar-refractivity contribution in [1.82, 2.24) is 14.6 Å². The second-order valence-corrected chi connectivity index (χ2v) is 4.86. The van der Waals surface area contributed by atoms with Crippen LogP contribution in [-0.2, 0) is 11.3 Å². The minimum absolute atomic E-state index is 0.0991. The average molecular weight is 267 g/mol. The number of carbonyl (C=O) groups excluding carboxylic acids is 1. The molecule has 0 aromatic carbocycles. The van der Waals surface area contributed by atoms with Crippen LogP contribution in [0.15, 0.2) is 42.7 Å². The van der Waals surface area contributed by atoms with E-state index < -0.39 is 0 Å². The van der Waals surface area contributed by atoms with Gasteiger partial charge >= 0.3 is 0 Å². The molecule has 5 nitrogen and oxygen atoms in total. The largest absolute Gasteiger partial charge is 0.293 e. The van der Waals surface area contributed by atoms with E-state index in [0.717, 1.165) is 16.9 Å². The molecule has 0 atom stereocenters. The molecule has 0 radical (unpaired) electrons. The number of ketones is 1. The summed E-state index contributed by atoms with van der Waals surface area (Å²) in [5, 5.41) is 4.47. The molecule has 5 heteroatoms. The molecule has 0 fully saturated rings. The Kier molecular flexibility index (Phi) is 3.02. The fraction of sp³-hybridized carbons (Fsp3) is 0.200. The number of rotatable bonds is 3. The van der Waals surface area contributed by atoms with Gasteiger partial charge in [0.2, 0.25) is 12.4 Å². The Morgan fingerprint density at radius 1 is 1.35 bits per heavy atom. The Morgan fingerprint density at radius 3 is 3.00 bits per heavy atom. The van der Waals surface area contributed by atoms with Crippen LogP contribution in [0.5, 0.6) is 0 Å². The van der Waals surface area contributed by atoms with E-state index in [2.05, 4.69) is 10.1 Å². The number of Topliss-reactive ketones (excluding diaryl/α,β-unsaturated/α-hetero) is 1. The summed E-state index contributed by atoms with van der Waals surface area (Å²) in [6, 6.07) is 9.70. The van der Waals surface area contributed by atoms with E-state index in [1.807, 2.05) is 54.2 Å². The summed E-state index contributed by atoms with van der Waals surface area (Å²) < 4.78 is 3.61. The standard InChI is InChI=1S/C15H15N4O/c1-11-6-8-19-14(9-11)16-15(17-19)13-5-3-4-7-18(13)10-12(2)20/h3-9H,10H2,1-2H3/q+1.